The van der Waals surface area contributed by atoms with Crippen LogP contribution in [0.5, 0.6) is 0 Å². The average molecular weight is 450 g/mol. The first kappa shape index (κ1) is 21.2. The van der Waals surface area contributed by atoms with Crippen molar-refractivity contribution in [3.8, 4) is 0 Å². The van der Waals surface area contributed by atoms with Gasteiger partial charge in [-0.05, 0) is 51.4 Å². The normalized spacial score (nSPS) is 15.9. The van der Waals surface area contributed by atoms with E-state index >= 15 is 0 Å². The van der Waals surface area contributed by atoms with Gasteiger partial charge in [0.25, 0.3) is 0 Å². The standard InChI is InChI=1S/C17H30N4O2.HI/c1-18-17(19-9-5-10-22-13-14-7-8-14)20-12-15(21(2)3)16-6-4-11-23-16;/h4,6,11,14-15H,5,7-10,12-13H2,1-3H3,(H2,18,19,20);1H. The van der Waals surface area contributed by atoms with Crippen LogP contribution in [0.2, 0.25) is 0 Å². The molecule has 0 aliphatic heterocycles. The van der Waals surface area contributed by atoms with E-state index in [0.717, 1.165) is 50.4 Å². The van der Waals surface area contributed by atoms with Crippen molar-refractivity contribution < 1.29 is 9.15 Å². The van der Waals surface area contributed by atoms with Gasteiger partial charge in [-0.15, -0.1) is 24.0 Å². The molecule has 1 unspecified atom stereocenters. The lowest BCUT2D eigenvalue weighted by Gasteiger charge is -2.23. The van der Waals surface area contributed by atoms with E-state index in [4.69, 9.17) is 9.15 Å². The second-order valence-electron chi connectivity index (χ2n) is 6.25. The zero-order valence-electron chi connectivity index (χ0n) is 15.0. The summed E-state index contributed by atoms with van der Waals surface area (Å²) < 4.78 is 11.1. The van der Waals surface area contributed by atoms with Crippen molar-refractivity contribution in [3.05, 3.63) is 24.2 Å². The molecular weight excluding hydrogens is 419 g/mol. The third-order valence-electron chi connectivity index (χ3n) is 3.99. The Hall–Kier alpha value is -0.800. The quantitative estimate of drug-likeness (QED) is 0.248. The highest BCUT2D eigenvalue weighted by atomic mass is 127. The van der Waals surface area contributed by atoms with Crippen LogP contribution in [0.3, 0.4) is 0 Å². The van der Waals surface area contributed by atoms with Crippen LogP contribution in [0.15, 0.2) is 27.8 Å². The second kappa shape index (κ2) is 11.7. The van der Waals surface area contributed by atoms with Gasteiger partial charge < -0.3 is 19.8 Å². The van der Waals surface area contributed by atoms with E-state index in [1.54, 1.807) is 13.3 Å². The lowest BCUT2D eigenvalue weighted by atomic mass is 10.2. The van der Waals surface area contributed by atoms with Crippen LogP contribution < -0.4 is 10.6 Å². The highest BCUT2D eigenvalue weighted by molar-refractivity contribution is 14.0. The number of ether oxygens (including phenoxy) is 1. The van der Waals surface area contributed by atoms with Gasteiger partial charge in [-0.2, -0.15) is 0 Å². The van der Waals surface area contributed by atoms with Crippen LogP contribution in [0.4, 0.5) is 0 Å². The fourth-order valence-electron chi connectivity index (χ4n) is 2.35. The Morgan fingerprint density at radius 1 is 1.42 bits per heavy atom. The molecule has 1 heterocycles. The van der Waals surface area contributed by atoms with Crippen molar-refractivity contribution in [2.24, 2.45) is 10.9 Å². The van der Waals surface area contributed by atoms with Gasteiger partial charge in [-0.25, -0.2) is 0 Å². The first-order valence-corrected chi connectivity index (χ1v) is 8.42. The van der Waals surface area contributed by atoms with Crippen molar-refractivity contribution >= 4 is 29.9 Å². The van der Waals surface area contributed by atoms with Gasteiger partial charge in [0.2, 0.25) is 0 Å². The Bertz CT molecular complexity index is 461. The zero-order valence-corrected chi connectivity index (χ0v) is 17.3. The molecule has 2 rings (SSSR count). The average Bonchev–Trinajstić information content (AvgIpc) is 3.21. The summed E-state index contributed by atoms with van der Waals surface area (Å²) in [5.41, 5.74) is 0. The van der Waals surface area contributed by atoms with Crippen molar-refractivity contribution in [1.82, 2.24) is 15.5 Å². The summed E-state index contributed by atoms with van der Waals surface area (Å²) in [6.45, 7) is 3.34. The number of guanidine groups is 1. The van der Waals surface area contributed by atoms with E-state index in [1.807, 2.05) is 26.2 Å². The maximum atomic E-state index is 5.63. The van der Waals surface area contributed by atoms with Crippen LogP contribution in [0.25, 0.3) is 0 Å². The van der Waals surface area contributed by atoms with Gasteiger partial charge in [0.05, 0.1) is 12.3 Å². The number of furan rings is 1. The Morgan fingerprint density at radius 3 is 2.79 bits per heavy atom. The zero-order chi connectivity index (χ0) is 16.5. The molecule has 138 valence electrons. The van der Waals surface area contributed by atoms with Gasteiger partial charge in [0.15, 0.2) is 5.96 Å². The summed E-state index contributed by atoms with van der Waals surface area (Å²) in [5, 5.41) is 6.68. The number of hydrogen-bond acceptors (Lipinski definition) is 4. The predicted octanol–water partition coefficient (Wildman–Crippen LogP) is 2.48. The topological polar surface area (TPSA) is 62.0 Å². The minimum absolute atomic E-state index is 0. The van der Waals surface area contributed by atoms with Crippen molar-refractivity contribution in [1.29, 1.82) is 0 Å². The highest BCUT2D eigenvalue weighted by Gasteiger charge is 2.20. The molecule has 0 saturated heterocycles. The van der Waals surface area contributed by atoms with E-state index in [9.17, 15) is 0 Å². The van der Waals surface area contributed by atoms with Crippen LogP contribution in [-0.2, 0) is 4.74 Å². The summed E-state index contributed by atoms with van der Waals surface area (Å²) in [5.74, 6) is 2.60. The van der Waals surface area contributed by atoms with Gasteiger partial charge >= 0.3 is 0 Å². The molecule has 0 aromatic carbocycles. The summed E-state index contributed by atoms with van der Waals surface area (Å²) in [7, 11) is 5.88. The number of hydrogen-bond donors (Lipinski definition) is 2. The SMILES string of the molecule is CN=C(NCCCOCC1CC1)NCC(c1ccco1)N(C)C.I. The Kier molecular flexibility index (Phi) is 10.4. The van der Waals surface area contributed by atoms with Crippen LogP contribution in [0.1, 0.15) is 31.1 Å². The molecule has 1 aliphatic rings. The summed E-state index contributed by atoms with van der Waals surface area (Å²) >= 11 is 0. The molecular formula is C17H31IN4O2. The number of nitrogens with one attached hydrogen (secondary N) is 2. The fourth-order valence-corrected chi connectivity index (χ4v) is 2.35. The fraction of sp³-hybridized carbons (Fsp3) is 0.706. The lowest BCUT2D eigenvalue weighted by molar-refractivity contribution is 0.123. The minimum atomic E-state index is 0. The molecule has 0 amide bonds. The molecule has 1 aliphatic carbocycles. The molecule has 1 saturated carbocycles. The monoisotopic (exact) mass is 450 g/mol. The second-order valence-corrected chi connectivity index (χ2v) is 6.25. The van der Waals surface area contributed by atoms with Crippen molar-refractivity contribution in [3.63, 3.8) is 0 Å². The minimum Gasteiger partial charge on any atom is -0.468 e. The van der Waals surface area contributed by atoms with E-state index in [2.05, 4.69) is 20.5 Å². The smallest absolute Gasteiger partial charge is 0.191 e. The Balaban J connectivity index is 0.00000288. The van der Waals surface area contributed by atoms with Gasteiger partial charge in [-0.1, -0.05) is 0 Å². The van der Waals surface area contributed by atoms with Crippen LogP contribution in [-0.4, -0.2) is 58.3 Å². The largest absolute Gasteiger partial charge is 0.468 e. The summed E-state index contributed by atoms with van der Waals surface area (Å²) in [6, 6.07) is 4.09. The number of rotatable bonds is 10. The number of halogens is 1. The van der Waals surface area contributed by atoms with Gasteiger partial charge in [0.1, 0.15) is 5.76 Å². The summed E-state index contributed by atoms with van der Waals surface area (Å²) in [6.07, 6.45) is 5.39. The molecule has 7 heteroatoms. The first-order valence-electron chi connectivity index (χ1n) is 8.42. The molecule has 1 aromatic rings. The third-order valence-corrected chi connectivity index (χ3v) is 3.99. The summed E-state index contributed by atoms with van der Waals surface area (Å²) in [4.78, 5) is 6.39. The number of aliphatic imine (C=N–C) groups is 1. The van der Waals surface area contributed by atoms with Crippen LogP contribution >= 0.6 is 24.0 Å². The molecule has 0 spiro atoms. The van der Waals surface area contributed by atoms with Crippen molar-refractivity contribution in [2.75, 3.05) is 47.4 Å². The van der Waals surface area contributed by atoms with E-state index < -0.39 is 0 Å². The van der Waals surface area contributed by atoms with Crippen LogP contribution in [0, 0.1) is 5.92 Å². The number of nitrogens with zero attached hydrogens (tertiary/aromatic N) is 2. The highest BCUT2D eigenvalue weighted by Crippen LogP contribution is 2.28. The van der Waals surface area contributed by atoms with E-state index in [-0.39, 0.29) is 30.0 Å². The van der Waals surface area contributed by atoms with Gasteiger partial charge in [0, 0.05) is 33.4 Å². The molecule has 0 radical (unpaired) electrons. The first-order chi connectivity index (χ1) is 11.2. The maximum absolute atomic E-state index is 5.63. The molecule has 2 N–H and O–H groups in total. The van der Waals surface area contributed by atoms with Gasteiger partial charge in [-0.3, -0.25) is 9.89 Å². The predicted molar refractivity (Wildman–Crippen MR) is 108 cm³/mol. The van der Waals surface area contributed by atoms with Crippen molar-refractivity contribution in [2.45, 2.75) is 25.3 Å². The van der Waals surface area contributed by atoms with E-state index in [0.29, 0.717) is 0 Å². The Labute approximate surface area is 162 Å². The molecule has 6 nitrogen and oxygen atoms in total. The molecule has 0 bridgehead atoms. The molecule has 1 fully saturated rings. The van der Waals surface area contributed by atoms with E-state index in [1.165, 1.54) is 12.8 Å². The Morgan fingerprint density at radius 2 is 2.21 bits per heavy atom. The molecule has 24 heavy (non-hydrogen) atoms. The third kappa shape index (κ3) is 7.85. The lowest BCUT2D eigenvalue weighted by Crippen LogP contribution is -2.42. The molecule has 1 aromatic heterocycles. The number of likely N-dealkylation sites (N-methyl/N-ethyl adjacent to an activating group) is 1. The molecule has 1 atom stereocenters. The maximum Gasteiger partial charge on any atom is 0.191 e.